The van der Waals surface area contributed by atoms with Gasteiger partial charge in [-0.15, -0.1) is 0 Å². The molecule has 7 atom stereocenters. The smallest absolute Gasteiger partial charge is 0.141 e. The molecule has 0 aromatic carbocycles. The number of Topliss-reactive ketones (excluding diaryl/α,β-unsaturated/α-hetero) is 1. The number of fused-ring (bicyclic) bond motifs is 5. The second-order valence-corrected chi connectivity index (χ2v) is 8.73. The van der Waals surface area contributed by atoms with E-state index in [-0.39, 0.29) is 28.6 Å². The first-order valence-corrected chi connectivity index (χ1v) is 8.95. The standard InChI is InChI=1S/C19H28O3/c1-18-7-5-12(20)9-11(18)3-4-13-14(18)6-8-19(2)16(22)10-15(21)17(13)19/h3,12-15,17,20-21H,4-10H2,1-2H3/t12-,13+,14-,15+,17+,18-,19+/m0/s1. The Labute approximate surface area is 132 Å². The Morgan fingerprint density at radius 3 is 2.59 bits per heavy atom. The van der Waals surface area contributed by atoms with E-state index in [1.165, 1.54) is 5.57 Å². The maximum Gasteiger partial charge on any atom is 0.141 e. The molecule has 0 heterocycles. The number of carbonyl (C=O) groups excluding carboxylic acids is 1. The topological polar surface area (TPSA) is 57.5 Å². The van der Waals surface area contributed by atoms with Crippen LogP contribution in [0, 0.1) is 28.6 Å². The van der Waals surface area contributed by atoms with Crippen molar-refractivity contribution in [3.63, 3.8) is 0 Å². The van der Waals surface area contributed by atoms with E-state index in [4.69, 9.17) is 0 Å². The van der Waals surface area contributed by atoms with Gasteiger partial charge in [0.15, 0.2) is 0 Å². The van der Waals surface area contributed by atoms with Gasteiger partial charge in [0.05, 0.1) is 12.2 Å². The van der Waals surface area contributed by atoms with Crippen molar-refractivity contribution < 1.29 is 15.0 Å². The lowest BCUT2D eigenvalue weighted by molar-refractivity contribution is -0.133. The van der Waals surface area contributed by atoms with Gasteiger partial charge in [-0.05, 0) is 55.8 Å². The van der Waals surface area contributed by atoms with Crippen molar-refractivity contribution in [2.75, 3.05) is 0 Å². The summed E-state index contributed by atoms with van der Waals surface area (Å²) in [4.78, 5) is 12.4. The number of hydrogen-bond acceptors (Lipinski definition) is 3. The summed E-state index contributed by atoms with van der Waals surface area (Å²) >= 11 is 0. The number of rotatable bonds is 0. The molecular weight excluding hydrogens is 276 g/mol. The van der Waals surface area contributed by atoms with Gasteiger partial charge in [-0.2, -0.15) is 0 Å². The van der Waals surface area contributed by atoms with Crippen LogP contribution in [0.3, 0.4) is 0 Å². The lowest BCUT2D eigenvalue weighted by atomic mass is 9.48. The van der Waals surface area contributed by atoms with Crippen LogP contribution in [-0.4, -0.2) is 28.2 Å². The Balaban J connectivity index is 1.72. The third-order valence-corrected chi connectivity index (χ3v) is 7.78. The average Bonchev–Trinajstić information content (AvgIpc) is 2.70. The van der Waals surface area contributed by atoms with Gasteiger partial charge in [-0.3, -0.25) is 4.79 Å². The van der Waals surface area contributed by atoms with Gasteiger partial charge in [0.2, 0.25) is 0 Å². The van der Waals surface area contributed by atoms with E-state index >= 15 is 0 Å². The lowest BCUT2D eigenvalue weighted by Crippen LogP contribution is -2.52. The molecule has 3 saturated carbocycles. The van der Waals surface area contributed by atoms with Gasteiger partial charge in [0.1, 0.15) is 5.78 Å². The van der Waals surface area contributed by atoms with Crippen molar-refractivity contribution in [1.29, 1.82) is 0 Å². The maximum atomic E-state index is 12.4. The number of aliphatic hydroxyl groups excluding tert-OH is 2. The minimum atomic E-state index is -0.446. The van der Waals surface area contributed by atoms with Gasteiger partial charge >= 0.3 is 0 Å². The van der Waals surface area contributed by atoms with Crippen LogP contribution in [0.15, 0.2) is 11.6 Å². The van der Waals surface area contributed by atoms with Crippen LogP contribution in [0.4, 0.5) is 0 Å². The van der Waals surface area contributed by atoms with Crippen LogP contribution in [0.2, 0.25) is 0 Å². The van der Waals surface area contributed by atoms with E-state index in [9.17, 15) is 15.0 Å². The minimum absolute atomic E-state index is 0.139. The molecule has 2 N–H and O–H groups in total. The Hall–Kier alpha value is -0.670. The third kappa shape index (κ3) is 1.78. The van der Waals surface area contributed by atoms with E-state index < -0.39 is 6.10 Å². The zero-order valence-corrected chi connectivity index (χ0v) is 13.7. The van der Waals surface area contributed by atoms with Crippen LogP contribution in [0.1, 0.15) is 58.8 Å². The molecule has 0 saturated heterocycles. The molecule has 0 radical (unpaired) electrons. The molecule has 0 aromatic heterocycles. The zero-order valence-electron chi connectivity index (χ0n) is 13.7. The second kappa shape index (κ2) is 4.67. The molecule has 4 aliphatic carbocycles. The van der Waals surface area contributed by atoms with Crippen LogP contribution in [0.5, 0.6) is 0 Å². The highest BCUT2D eigenvalue weighted by Crippen LogP contribution is 2.63. The summed E-state index contributed by atoms with van der Waals surface area (Å²) in [6.45, 7) is 4.46. The maximum absolute atomic E-state index is 12.4. The molecule has 0 spiro atoms. The normalized spacial score (nSPS) is 54.3. The summed E-state index contributed by atoms with van der Waals surface area (Å²) in [5.74, 6) is 1.42. The molecule has 22 heavy (non-hydrogen) atoms. The summed E-state index contributed by atoms with van der Waals surface area (Å²) in [6, 6.07) is 0. The van der Waals surface area contributed by atoms with Gasteiger partial charge in [0.25, 0.3) is 0 Å². The molecule has 0 bridgehead atoms. The second-order valence-electron chi connectivity index (χ2n) is 8.73. The minimum Gasteiger partial charge on any atom is -0.393 e. The predicted molar refractivity (Wildman–Crippen MR) is 84.1 cm³/mol. The van der Waals surface area contributed by atoms with Crippen molar-refractivity contribution in [2.45, 2.75) is 71.0 Å². The summed E-state index contributed by atoms with van der Waals surface area (Å²) in [6.07, 6.45) is 7.84. The molecule has 4 rings (SSSR count). The number of ketones is 1. The molecule has 3 heteroatoms. The summed E-state index contributed by atoms with van der Waals surface area (Å²) in [5, 5.41) is 20.5. The zero-order chi connectivity index (χ0) is 15.7. The lowest BCUT2D eigenvalue weighted by Gasteiger charge is -2.57. The molecule has 122 valence electrons. The van der Waals surface area contributed by atoms with Crippen LogP contribution < -0.4 is 0 Å². The van der Waals surface area contributed by atoms with Gasteiger partial charge in [-0.25, -0.2) is 0 Å². The predicted octanol–water partition coefficient (Wildman–Crippen LogP) is 2.85. The van der Waals surface area contributed by atoms with Crippen molar-refractivity contribution in [3.05, 3.63) is 11.6 Å². The van der Waals surface area contributed by atoms with E-state index in [1.54, 1.807) is 0 Å². The first-order valence-electron chi connectivity index (χ1n) is 8.95. The van der Waals surface area contributed by atoms with E-state index in [2.05, 4.69) is 19.9 Å². The van der Waals surface area contributed by atoms with E-state index in [0.717, 1.165) is 38.5 Å². The molecule has 0 aromatic rings. The summed E-state index contributed by atoms with van der Waals surface area (Å²) in [7, 11) is 0. The molecule has 3 nitrogen and oxygen atoms in total. The summed E-state index contributed by atoms with van der Waals surface area (Å²) in [5.41, 5.74) is 1.32. The highest BCUT2D eigenvalue weighted by Gasteiger charge is 2.61. The van der Waals surface area contributed by atoms with Crippen molar-refractivity contribution in [1.82, 2.24) is 0 Å². The number of carbonyl (C=O) groups is 1. The van der Waals surface area contributed by atoms with Crippen LogP contribution in [-0.2, 0) is 4.79 Å². The number of allylic oxidation sites excluding steroid dienone is 1. The molecule has 0 aliphatic heterocycles. The molecule has 0 unspecified atom stereocenters. The summed E-state index contributed by atoms with van der Waals surface area (Å²) < 4.78 is 0. The fourth-order valence-corrected chi connectivity index (χ4v) is 6.48. The molecule has 3 fully saturated rings. The largest absolute Gasteiger partial charge is 0.393 e. The monoisotopic (exact) mass is 304 g/mol. The van der Waals surface area contributed by atoms with Crippen LogP contribution in [0.25, 0.3) is 0 Å². The average molecular weight is 304 g/mol. The molecular formula is C19H28O3. The Morgan fingerprint density at radius 2 is 1.82 bits per heavy atom. The molecule has 4 aliphatic rings. The van der Waals surface area contributed by atoms with Gasteiger partial charge in [-0.1, -0.05) is 25.5 Å². The SMILES string of the molecule is C[C@]12CC[C@H](O)CC1=CC[C@H]1[C@@H]3[C@H](O)CC(=O)[C@@]3(C)CC[C@@H]12. The Kier molecular flexibility index (Phi) is 3.16. The number of aliphatic hydroxyl groups is 2. The van der Waals surface area contributed by atoms with Crippen molar-refractivity contribution in [2.24, 2.45) is 28.6 Å². The first-order chi connectivity index (χ1) is 10.4. The Bertz CT molecular complexity index is 539. The first kappa shape index (κ1) is 14.9. The Morgan fingerprint density at radius 1 is 1.09 bits per heavy atom. The van der Waals surface area contributed by atoms with Crippen LogP contribution >= 0.6 is 0 Å². The fourth-order valence-electron chi connectivity index (χ4n) is 6.48. The van der Waals surface area contributed by atoms with Crippen molar-refractivity contribution >= 4 is 5.78 Å². The van der Waals surface area contributed by atoms with E-state index in [0.29, 0.717) is 18.3 Å². The highest BCUT2D eigenvalue weighted by molar-refractivity contribution is 5.88. The fraction of sp³-hybridized carbons (Fsp3) is 0.842. The highest BCUT2D eigenvalue weighted by atomic mass is 16.3. The quantitative estimate of drug-likeness (QED) is 0.677. The number of hydrogen-bond donors (Lipinski definition) is 2. The molecule has 0 amide bonds. The van der Waals surface area contributed by atoms with E-state index in [1.807, 2.05) is 0 Å². The third-order valence-electron chi connectivity index (χ3n) is 7.78. The van der Waals surface area contributed by atoms with Crippen molar-refractivity contribution in [3.8, 4) is 0 Å². The van der Waals surface area contributed by atoms with Gasteiger partial charge < -0.3 is 10.2 Å². The van der Waals surface area contributed by atoms with Gasteiger partial charge in [0, 0.05) is 17.8 Å².